The van der Waals surface area contributed by atoms with Crippen LogP contribution in [-0.2, 0) is 16.0 Å². The zero-order valence-electron chi connectivity index (χ0n) is 10.0. The van der Waals surface area contributed by atoms with Crippen molar-refractivity contribution in [2.24, 2.45) is 5.92 Å². The lowest BCUT2D eigenvalue weighted by atomic mass is 9.99. The number of nitrogens with two attached hydrogens (primary N) is 1. The average molecular weight is 248 g/mol. The van der Waals surface area contributed by atoms with Crippen molar-refractivity contribution in [2.45, 2.75) is 12.8 Å². The smallest absolute Gasteiger partial charge is 0.310 e. The number of likely N-dealkylation sites (tertiary alicyclic amines) is 1. The molecule has 1 aliphatic rings. The molecule has 96 valence electrons. The Morgan fingerprint density at radius 2 is 1.89 bits per heavy atom. The van der Waals surface area contributed by atoms with Gasteiger partial charge in [0.25, 0.3) is 0 Å². The fourth-order valence-electron chi connectivity index (χ4n) is 1.93. The Hall–Kier alpha value is -2.04. The summed E-state index contributed by atoms with van der Waals surface area (Å²) in [5.74, 6) is -1.19. The predicted octanol–water partition coefficient (Wildman–Crippen LogP) is 0.744. The first-order chi connectivity index (χ1) is 8.56. The van der Waals surface area contributed by atoms with Crippen LogP contribution in [-0.4, -0.2) is 35.0 Å². The molecule has 1 aromatic rings. The summed E-state index contributed by atoms with van der Waals surface area (Å²) in [7, 11) is 0. The number of carbonyl (C=O) groups is 2. The molecule has 5 nitrogen and oxygen atoms in total. The fourth-order valence-corrected chi connectivity index (χ4v) is 1.93. The molecule has 0 radical (unpaired) electrons. The number of amides is 1. The maximum atomic E-state index is 11.7. The van der Waals surface area contributed by atoms with Crippen LogP contribution < -0.4 is 5.73 Å². The normalized spacial score (nSPS) is 15.2. The third kappa shape index (κ3) is 2.80. The Balaban J connectivity index is 1.76. The molecule has 0 aromatic heterocycles. The van der Waals surface area contributed by atoms with Crippen molar-refractivity contribution in [3.8, 4) is 0 Å². The van der Waals surface area contributed by atoms with Crippen LogP contribution in [0.2, 0.25) is 0 Å². The molecule has 1 saturated heterocycles. The Morgan fingerprint density at radius 1 is 1.28 bits per heavy atom. The van der Waals surface area contributed by atoms with Gasteiger partial charge in [0, 0.05) is 25.2 Å². The van der Waals surface area contributed by atoms with Gasteiger partial charge in [-0.2, -0.15) is 0 Å². The van der Waals surface area contributed by atoms with Crippen molar-refractivity contribution in [1.29, 1.82) is 0 Å². The van der Waals surface area contributed by atoms with Crippen LogP contribution in [0.15, 0.2) is 24.3 Å². The largest absolute Gasteiger partial charge is 0.481 e. The van der Waals surface area contributed by atoms with Crippen molar-refractivity contribution < 1.29 is 14.7 Å². The van der Waals surface area contributed by atoms with E-state index in [-0.39, 0.29) is 11.8 Å². The number of nitrogens with zero attached hydrogens (tertiary/aromatic N) is 1. The van der Waals surface area contributed by atoms with Gasteiger partial charge in [-0.15, -0.1) is 0 Å². The summed E-state index contributed by atoms with van der Waals surface area (Å²) < 4.78 is 0. The molecule has 3 N–H and O–H groups in total. The third-order valence-corrected chi connectivity index (χ3v) is 3.19. The van der Waals surface area contributed by atoms with Crippen LogP contribution in [0, 0.1) is 5.92 Å². The lowest BCUT2D eigenvalue weighted by molar-refractivity contribution is -0.152. The molecule has 18 heavy (non-hydrogen) atoms. The predicted molar refractivity (Wildman–Crippen MR) is 66.9 cm³/mol. The van der Waals surface area contributed by atoms with Crippen LogP contribution in [0.4, 0.5) is 5.69 Å². The molecule has 0 bridgehead atoms. The number of aryl methyl sites for hydroxylation is 1. The molecule has 1 aromatic carbocycles. The number of aliphatic carboxylic acids is 1. The highest BCUT2D eigenvalue weighted by molar-refractivity contribution is 5.81. The van der Waals surface area contributed by atoms with E-state index < -0.39 is 5.97 Å². The molecule has 5 heteroatoms. The van der Waals surface area contributed by atoms with Gasteiger partial charge in [-0.3, -0.25) is 9.59 Å². The van der Waals surface area contributed by atoms with E-state index in [4.69, 9.17) is 10.8 Å². The molecule has 0 atom stereocenters. The lowest BCUT2D eigenvalue weighted by Gasteiger charge is -2.36. The molecule has 0 unspecified atom stereocenters. The van der Waals surface area contributed by atoms with Crippen LogP contribution in [0.25, 0.3) is 0 Å². The Morgan fingerprint density at radius 3 is 2.44 bits per heavy atom. The molecule has 2 rings (SSSR count). The number of benzene rings is 1. The van der Waals surface area contributed by atoms with Crippen molar-refractivity contribution >= 4 is 17.6 Å². The van der Waals surface area contributed by atoms with E-state index in [1.165, 1.54) is 0 Å². The van der Waals surface area contributed by atoms with E-state index in [1.807, 2.05) is 24.3 Å². The maximum Gasteiger partial charge on any atom is 0.310 e. The topological polar surface area (TPSA) is 83.6 Å². The van der Waals surface area contributed by atoms with E-state index in [0.29, 0.717) is 31.6 Å². The van der Waals surface area contributed by atoms with Gasteiger partial charge in [-0.1, -0.05) is 12.1 Å². The summed E-state index contributed by atoms with van der Waals surface area (Å²) in [4.78, 5) is 23.9. The highest BCUT2D eigenvalue weighted by Gasteiger charge is 2.34. The van der Waals surface area contributed by atoms with Crippen molar-refractivity contribution in [3.05, 3.63) is 29.8 Å². The van der Waals surface area contributed by atoms with E-state index in [2.05, 4.69) is 0 Å². The molecular weight excluding hydrogens is 232 g/mol. The van der Waals surface area contributed by atoms with Crippen LogP contribution in [0.3, 0.4) is 0 Å². The maximum absolute atomic E-state index is 11.7. The minimum atomic E-state index is -0.822. The van der Waals surface area contributed by atoms with E-state index in [1.54, 1.807) is 4.90 Å². The Kier molecular flexibility index (Phi) is 3.50. The molecule has 1 heterocycles. The number of rotatable bonds is 4. The summed E-state index contributed by atoms with van der Waals surface area (Å²) in [5.41, 5.74) is 7.34. The van der Waals surface area contributed by atoms with Gasteiger partial charge < -0.3 is 15.7 Å². The van der Waals surface area contributed by atoms with Crippen LogP contribution in [0.1, 0.15) is 12.0 Å². The summed E-state index contributed by atoms with van der Waals surface area (Å²) in [5, 5.41) is 8.72. The number of carboxylic acid groups (broad SMARTS) is 1. The molecule has 1 amide bonds. The highest BCUT2D eigenvalue weighted by Crippen LogP contribution is 2.17. The van der Waals surface area contributed by atoms with Gasteiger partial charge in [0.1, 0.15) is 0 Å². The molecular formula is C13H16N2O3. The van der Waals surface area contributed by atoms with Gasteiger partial charge in [-0.25, -0.2) is 0 Å². The molecule has 0 aliphatic carbocycles. The molecule has 1 fully saturated rings. The number of hydrogen-bond acceptors (Lipinski definition) is 3. The zero-order valence-corrected chi connectivity index (χ0v) is 10.0. The molecule has 0 saturated carbocycles. The standard InChI is InChI=1S/C13H16N2O3/c14-11-4-1-9(2-5-11)3-6-12(16)15-7-10(8-15)13(17)18/h1-2,4-5,10H,3,6-8,14H2,(H,17,18). The van der Waals surface area contributed by atoms with E-state index >= 15 is 0 Å². The molecule has 1 aliphatic heterocycles. The van der Waals surface area contributed by atoms with Crippen molar-refractivity contribution in [3.63, 3.8) is 0 Å². The van der Waals surface area contributed by atoms with Gasteiger partial charge in [0.2, 0.25) is 5.91 Å². The van der Waals surface area contributed by atoms with Crippen LogP contribution >= 0.6 is 0 Å². The number of hydrogen-bond donors (Lipinski definition) is 2. The van der Waals surface area contributed by atoms with Gasteiger partial charge in [-0.05, 0) is 24.1 Å². The monoisotopic (exact) mass is 248 g/mol. The summed E-state index contributed by atoms with van der Waals surface area (Å²) in [6, 6.07) is 7.42. The zero-order chi connectivity index (χ0) is 13.1. The Bertz CT molecular complexity index is 450. The first kappa shape index (κ1) is 12.4. The third-order valence-electron chi connectivity index (χ3n) is 3.19. The number of carboxylic acids is 1. The van der Waals surface area contributed by atoms with E-state index in [0.717, 1.165) is 5.56 Å². The summed E-state index contributed by atoms with van der Waals surface area (Å²) in [6.45, 7) is 0.686. The van der Waals surface area contributed by atoms with Gasteiger partial charge in [0.05, 0.1) is 5.92 Å². The van der Waals surface area contributed by atoms with Crippen molar-refractivity contribution in [1.82, 2.24) is 4.90 Å². The quantitative estimate of drug-likeness (QED) is 0.770. The molecule has 0 spiro atoms. The minimum absolute atomic E-state index is 0.0179. The Labute approximate surface area is 105 Å². The summed E-state index contributed by atoms with van der Waals surface area (Å²) >= 11 is 0. The van der Waals surface area contributed by atoms with Gasteiger partial charge >= 0.3 is 5.97 Å². The SMILES string of the molecule is Nc1ccc(CCC(=O)N2CC(C(=O)O)C2)cc1. The second-order valence-electron chi connectivity index (χ2n) is 4.58. The van der Waals surface area contributed by atoms with Crippen LogP contribution in [0.5, 0.6) is 0 Å². The summed E-state index contributed by atoms with van der Waals surface area (Å²) in [6.07, 6.45) is 1.07. The van der Waals surface area contributed by atoms with Crippen molar-refractivity contribution in [2.75, 3.05) is 18.8 Å². The van der Waals surface area contributed by atoms with E-state index in [9.17, 15) is 9.59 Å². The number of anilines is 1. The first-order valence-electron chi connectivity index (χ1n) is 5.91. The number of carbonyl (C=O) groups excluding carboxylic acids is 1. The first-order valence-corrected chi connectivity index (χ1v) is 5.91. The minimum Gasteiger partial charge on any atom is -0.481 e. The second-order valence-corrected chi connectivity index (χ2v) is 4.58. The van der Waals surface area contributed by atoms with Gasteiger partial charge in [0.15, 0.2) is 0 Å². The lowest BCUT2D eigenvalue weighted by Crippen LogP contribution is -2.53. The number of nitrogen functional groups attached to an aromatic ring is 1. The fraction of sp³-hybridized carbons (Fsp3) is 0.385. The average Bonchev–Trinajstić information content (AvgIpc) is 2.25. The highest BCUT2D eigenvalue weighted by atomic mass is 16.4. The second kappa shape index (κ2) is 5.08.